The number of hydrogen-bond acceptors (Lipinski definition) is 1. The summed E-state index contributed by atoms with van der Waals surface area (Å²) in [4.78, 5) is 13.0. The van der Waals surface area contributed by atoms with E-state index in [1.165, 1.54) is 44.1 Å². The highest BCUT2D eigenvalue weighted by atomic mass is 16.1. The molecule has 37 heavy (non-hydrogen) atoms. The predicted octanol–water partition coefficient (Wildman–Crippen LogP) is 8.40. The van der Waals surface area contributed by atoms with Gasteiger partial charge in [0, 0.05) is 11.3 Å². The molecule has 0 unspecified atom stereocenters. The topological polar surface area (TPSA) is 29.1 Å². The summed E-state index contributed by atoms with van der Waals surface area (Å²) in [5, 5.41) is 3.11. The van der Waals surface area contributed by atoms with Gasteiger partial charge in [0.15, 0.2) is 0 Å². The molecule has 1 N–H and O–H groups in total. The Balaban J connectivity index is 1.09. The van der Waals surface area contributed by atoms with Gasteiger partial charge in [-0.25, -0.2) is 0 Å². The number of anilines is 1. The Kier molecular flexibility index (Phi) is 5.32. The molecule has 0 heterocycles. The maximum absolute atomic E-state index is 13.0. The van der Waals surface area contributed by atoms with E-state index < -0.39 is 0 Å². The number of amides is 1. The van der Waals surface area contributed by atoms with E-state index >= 15 is 0 Å². The van der Waals surface area contributed by atoms with Gasteiger partial charge in [-0.3, -0.25) is 4.79 Å². The molecule has 4 fully saturated rings. The van der Waals surface area contributed by atoms with E-state index in [2.05, 4.69) is 72.0 Å². The molecule has 2 atom stereocenters. The van der Waals surface area contributed by atoms with Crippen LogP contribution in [0.4, 0.5) is 5.69 Å². The van der Waals surface area contributed by atoms with Crippen molar-refractivity contribution in [2.45, 2.75) is 49.4 Å². The molecule has 4 saturated carbocycles. The summed E-state index contributed by atoms with van der Waals surface area (Å²) in [5.74, 6) is 1.60. The van der Waals surface area contributed by atoms with Gasteiger partial charge in [0.25, 0.3) is 5.91 Å². The lowest BCUT2D eigenvalue weighted by Gasteiger charge is -2.62. The Morgan fingerprint density at radius 1 is 0.595 bits per heavy atom. The molecule has 4 aliphatic carbocycles. The minimum absolute atomic E-state index is 0.0646. The van der Waals surface area contributed by atoms with E-state index in [0.717, 1.165) is 28.7 Å². The molecule has 0 spiro atoms. The van der Waals surface area contributed by atoms with Gasteiger partial charge in [-0.2, -0.15) is 0 Å². The van der Waals surface area contributed by atoms with Gasteiger partial charge >= 0.3 is 0 Å². The van der Waals surface area contributed by atoms with Crippen LogP contribution in [0.25, 0.3) is 11.1 Å². The van der Waals surface area contributed by atoms with Crippen LogP contribution in [0.1, 0.15) is 60.0 Å². The van der Waals surface area contributed by atoms with Gasteiger partial charge in [-0.1, -0.05) is 84.9 Å². The molecule has 8 rings (SSSR count). The first kappa shape index (κ1) is 22.5. The van der Waals surface area contributed by atoms with Crippen molar-refractivity contribution in [3.05, 3.63) is 126 Å². The van der Waals surface area contributed by atoms with Gasteiger partial charge in [0.1, 0.15) is 0 Å². The Morgan fingerprint density at radius 3 is 1.70 bits per heavy atom. The van der Waals surface area contributed by atoms with E-state index in [1.54, 1.807) is 5.56 Å². The molecule has 2 nitrogen and oxygen atoms in total. The van der Waals surface area contributed by atoms with Crippen molar-refractivity contribution in [2.75, 3.05) is 5.32 Å². The van der Waals surface area contributed by atoms with Crippen LogP contribution < -0.4 is 5.32 Å². The predicted molar refractivity (Wildman–Crippen MR) is 151 cm³/mol. The fraction of sp³-hybridized carbons (Fsp3) is 0.286. The summed E-state index contributed by atoms with van der Waals surface area (Å²) >= 11 is 0. The standard InChI is InChI=1S/C35H33NO/c37-33(29-13-11-28(12-14-29)27-7-3-1-4-8-27)36-32-17-15-31(16-18-32)35-22-25-19-26(23-35)21-34(20-25,24-35)30-9-5-2-6-10-30/h1-18,25-26H,19-24H2,(H,36,37)/t25-,26-,34?,35?/m0/s1. The van der Waals surface area contributed by atoms with Crippen molar-refractivity contribution in [3.63, 3.8) is 0 Å². The van der Waals surface area contributed by atoms with Crippen LogP contribution in [-0.2, 0) is 10.8 Å². The fourth-order valence-electron chi connectivity index (χ4n) is 8.28. The maximum atomic E-state index is 13.0. The van der Waals surface area contributed by atoms with Gasteiger partial charge in [-0.15, -0.1) is 0 Å². The molecule has 1 amide bonds. The molecule has 184 valence electrons. The van der Waals surface area contributed by atoms with Crippen LogP contribution in [0.15, 0.2) is 109 Å². The third-order valence-corrected chi connectivity index (χ3v) is 9.46. The van der Waals surface area contributed by atoms with E-state index in [1.807, 2.05) is 42.5 Å². The average molecular weight is 484 g/mol. The maximum Gasteiger partial charge on any atom is 0.255 e. The highest BCUT2D eigenvalue weighted by molar-refractivity contribution is 6.04. The van der Waals surface area contributed by atoms with E-state index in [-0.39, 0.29) is 11.3 Å². The second-order valence-electron chi connectivity index (χ2n) is 11.9. The molecule has 0 saturated heterocycles. The molecule has 4 aliphatic rings. The number of rotatable bonds is 5. The van der Waals surface area contributed by atoms with Crippen molar-refractivity contribution >= 4 is 11.6 Å². The third kappa shape index (κ3) is 4.00. The zero-order chi connectivity index (χ0) is 24.9. The SMILES string of the molecule is O=C(Nc1ccc(C23C[C@H]4C[C@@H](CC(c5ccccc5)(C4)C2)C3)cc1)c1ccc(-c2ccccc2)cc1. The number of benzene rings is 4. The van der Waals surface area contributed by atoms with Gasteiger partial charge in [-0.05, 0) is 108 Å². The Morgan fingerprint density at radius 2 is 1.11 bits per heavy atom. The van der Waals surface area contributed by atoms with Crippen molar-refractivity contribution in [2.24, 2.45) is 11.8 Å². The highest BCUT2D eigenvalue weighted by Gasteiger charge is 2.58. The second-order valence-corrected chi connectivity index (χ2v) is 11.9. The molecular weight excluding hydrogens is 450 g/mol. The lowest BCUT2D eigenvalue weighted by atomic mass is 9.42. The minimum atomic E-state index is -0.0646. The smallest absolute Gasteiger partial charge is 0.255 e. The third-order valence-electron chi connectivity index (χ3n) is 9.46. The first-order chi connectivity index (χ1) is 18.1. The summed E-state index contributed by atoms with van der Waals surface area (Å²) in [6.45, 7) is 0. The minimum Gasteiger partial charge on any atom is -0.322 e. The zero-order valence-electron chi connectivity index (χ0n) is 21.2. The Hall–Kier alpha value is -3.65. The Bertz CT molecular complexity index is 1390. The summed E-state index contributed by atoms with van der Waals surface area (Å²) < 4.78 is 0. The van der Waals surface area contributed by atoms with Crippen molar-refractivity contribution < 1.29 is 4.79 Å². The zero-order valence-corrected chi connectivity index (χ0v) is 21.2. The van der Waals surface area contributed by atoms with Crippen molar-refractivity contribution in [1.82, 2.24) is 0 Å². The van der Waals surface area contributed by atoms with Crippen molar-refractivity contribution in [3.8, 4) is 11.1 Å². The fourth-order valence-corrected chi connectivity index (χ4v) is 8.28. The molecule has 0 aliphatic heterocycles. The van der Waals surface area contributed by atoms with Crippen LogP contribution in [0.3, 0.4) is 0 Å². The monoisotopic (exact) mass is 483 g/mol. The first-order valence-corrected chi connectivity index (χ1v) is 13.7. The van der Waals surface area contributed by atoms with Gasteiger partial charge in [0.2, 0.25) is 0 Å². The normalized spacial score (nSPS) is 27.7. The van der Waals surface area contributed by atoms with Crippen molar-refractivity contribution in [1.29, 1.82) is 0 Å². The average Bonchev–Trinajstić information content (AvgIpc) is 2.94. The Labute approximate surface area is 219 Å². The van der Waals surface area contributed by atoms with Crippen LogP contribution >= 0.6 is 0 Å². The summed E-state index contributed by atoms with van der Waals surface area (Å²) in [6, 6.07) is 38.2. The lowest BCUT2D eigenvalue weighted by molar-refractivity contribution is -0.0281. The van der Waals surface area contributed by atoms with Crippen LogP contribution in [0.5, 0.6) is 0 Å². The second kappa shape index (κ2) is 8.73. The highest BCUT2D eigenvalue weighted by Crippen LogP contribution is 2.66. The molecule has 0 aromatic heterocycles. The largest absolute Gasteiger partial charge is 0.322 e. The summed E-state index contributed by atoms with van der Waals surface area (Å²) in [7, 11) is 0. The summed E-state index contributed by atoms with van der Waals surface area (Å²) in [5.41, 5.74) is 7.44. The van der Waals surface area contributed by atoms with Crippen LogP contribution in [-0.4, -0.2) is 5.91 Å². The lowest BCUT2D eigenvalue weighted by Crippen LogP contribution is -2.55. The molecular formula is C35H33NO. The number of nitrogens with one attached hydrogen (secondary N) is 1. The van der Waals surface area contributed by atoms with Crippen LogP contribution in [0, 0.1) is 11.8 Å². The van der Waals surface area contributed by atoms with E-state index in [4.69, 9.17) is 0 Å². The van der Waals surface area contributed by atoms with E-state index in [9.17, 15) is 4.79 Å². The van der Waals surface area contributed by atoms with Gasteiger partial charge in [0.05, 0.1) is 0 Å². The van der Waals surface area contributed by atoms with Crippen LogP contribution in [0.2, 0.25) is 0 Å². The summed E-state index contributed by atoms with van der Waals surface area (Å²) in [6.07, 6.45) is 8.01. The van der Waals surface area contributed by atoms with Gasteiger partial charge < -0.3 is 5.32 Å². The number of carbonyl (C=O) groups is 1. The molecule has 4 bridgehead atoms. The molecule has 4 aromatic carbocycles. The van der Waals surface area contributed by atoms with E-state index in [0.29, 0.717) is 11.0 Å². The number of carbonyl (C=O) groups excluding carboxylic acids is 1. The quantitative estimate of drug-likeness (QED) is 0.303. The molecule has 0 radical (unpaired) electrons. The molecule has 2 heteroatoms. The molecule has 4 aromatic rings. The number of hydrogen-bond donors (Lipinski definition) is 1. The first-order valence-electron chi connectivity index (χ1n) is 13.7.